The van der Waals surface area contributed by atoms with Crippen molar-refractivity contribution in [2.75, 3.05) is 13.1 Å². The molecule has 136 valence electrons. The fraction of sp³-hybridized carbons (Fsp3) is 0.750. The first-order valence-corrected chi connectivity index (χ1v) is 9.93. The van der Waals surface area contributed by atoms with Gasteiger partial charge in [-0.25, -0.2) is 8.42 Å². The van der Waals surface area contributed by atoms with Crippen LogP contribution in [0, 0.1) is 19.8 Å². The molecule has 1 aliphatic heterocycles. The van der Waals surface area contributed by atoms with Crippen LogP contribution < -0.4 is 5.32 Å². The maximum Gasteiger partial charge on any atom is 0.246 e. The second-order valence-electron chi connectivity index (χ2n) is 6.64. The van der Waals surface area contributed by atoms with Gasteiger partial charge in [0.25, 0.3) is 0 Å². The van der Waals surface area contributed by atoms with E-state index in [4.69, 9.17) is 0 Å². The predicted octanol–water partition coefficient (Wildman–Crippen LogP) is 1.35. The Kier molecular flexibility index (Phi) is 5.70. The Bertz CT molecular complexity index is 711. The first-order chi connectivity index (χ1) is 11.2. The van der Waals surface area contributed by atoms with Gasteiger partial charge in [0, 0.05) is 26.2 Å². The van der Waals surface area contributed by atoms with Gasteiger partial charge in [0.2, 0.25) is 15.9 Å². The van der Waals surface area contributed by atoms with Crippen molar-refractivity contribution in [3.05, 3.63) is 11.4 Å². The molecule has 2 rings (SSSR count). The van der Waals surface area contributed by atoms with Crippen LogP contribution in [0.4, 0.5) is 0 Å². The van der Waals surface area contributed by atoms with Gasteiger partial charge in [0.1, 0.15) is 4.90 Å². The molecule has 1 aromatic heterocycles. The standard InChI is InChI=1S/C16H28N4O3S/c1-6-11(2)17-16(21)14-8-7-9-20(10-14)24(22,23)15-12(3)18-19(5)13(15)4/h11,14H,6-10H2,1-5H3,(H,17,21). The van der Waals surface area contributed by atoms with Gasteiger partial charge in [-0.2, -0.15) is 9.40 Å². The minimum atomic E-state index is -3.63. The molecule has 0 bridgehead atoms. The summed E-state index contributed by atoms with van der Waals surface area (Å²) in [5.74, 6) is -0.344. The Balaban J connectivity index is 2.21. The fourth-order valence-electron chi connectivity index (χ4n) is 3.09. The van der Waals surface area contributed by atoms with Crippen LogP contribution in [0.15, 0.2) is 4.90 Å². The van der Waals surface area contributed by atoms with Crippen molar-refractivity contribution < 1.29 is 13.2 Å². The summed E-state index contributed by atoms with van der Waals surface area (Å²) in [5.41, 5.74) is 1.12. The highest BCUT2D eigenvalue weighted by atomic mass is 32.2. The zero-order valence-electron chi connectivity index (χ0n) is 15.2. The molecule has 2 heterocycles. The van der Waals surface area contributed by atoms with Crippen molar-refractivity contribution in [1.29, 1.82) is 0 Å². The summed E-state index contributed by atoms with van der Waals surface area (Å²) in [7, 11) is -1.90. The maximum absolute atomic E-state index is 13.0. The van der Waals surface area contributed by atoms with E-state index in [1.54, 1.807) is 25.6 Å². The fourth-order valence-corrected chi connectivity index (χ4v) is 5.02. The van der Waals surface area contributed by atoms with E-state index in [9.17, 15) is 13.2 Å². The van der Waals surface area contributed by atoms with E-state index >= 15 is 0 Å². The van der Waals surface area contributed by atoms with Crippen molar-refractivity contribution in [2.45, 2.75) is 57.9 Å². The molecule has 2 atom stereocenters. The van der Waals surface area contributed by atoms with Crippen LogP contribution in [-0.2, 0) is 21.9 Å². The molecule has 1 N–H and O–H groups in total. The molecule has 7 nitrogen and oxygen atoms in total. The van der Waals surface area contributed by atoms with Crippen LogP contribution in [0.5, 0.6) is 0 Å². The van der Waals surface area contributed by atoms with Gasteiger partial charge in [-0.1, -0.05) is 6.92 Å². The van der Waals surface area contributed by atoms with Crippen LogP contribution in [0.1, 0.15) is 44.5 Å². The number of carbonyl (C=O) groups is 1. The lowest BCUT2D eigenvalue weighted by atomic mass is 9.98. The van der Waals surface area contributed by atoms with Crippen molar-refractivity contribution in [3.8, 4) is 0 Å². The summed E-state index contributed by atoms with van der Waals surface area (Å²) in [4.78, 5) is 12.6. The van der Waals surface area contributed by atoms with E-state index in [0.717, 1.165) is 12.8 Å². The molecule has 24 heavy (non-hydrogen) atoms. The van der Waals surface area contributed by atoms with E-state index in [-0.39, 0.29) is 29.3 Å². The lowest BCUT2D eigenvalue weighted by Crippen LogP contribution is -2.47. The first-order valence-electron chi connectivity index (χ1n) is 8.49. The molecule has 0 spiro atoms. The first kappa shape index (κ1) is 18.9. The minimum Gasteiger partial charge on any atom is -0.353 e. The van der Waals surface area contributed by atoms with Crippen LogP contribution in [0.25, 0.3) is 0 Å². The molecule has 8 heteroatoms. The smallest absolute Gasteiger partial charge is 0.246 e. The van der Waals surface area contributed by atoms with Crippen LogP contribution in [0.3, 0.4) is 0 Å². The third kappa shape index (κ3) is 3.64. The number of aryl methyl sites for hydroxylation is 2. The zero-order chi connectivity index (χ0) is 18.1. The number of rotatable bonds is 5. The molecule has 0 aromatic carbocycles. The Labute approximate surface area is 144 Å². The number of carbonyl (C=O) groups excluding carboxylic acids is 1. The SMILES string of the molecule is CCC(C)NC(=O)C1CCCN(S(=O)(=O)c2c(C)nn(C)c2C)C1. The largest absolute Gasteiger partial charge is 0.353 e. The highest BCUT2D eigenvalue weighted by molar-refractivity contribution is 7.89. The lowest BCUT2D eigenvalue weighted by Gasteiger charge is -2.31. The number of piperidine rings is 1. The molecular formula is C16H28N4O3S. The molecule has 1 aliphatic rings. The molecule has 0 saturated carbocycles. The molecular weight excluding hydrogens is 328 g/mol. The molecule has 0 radical (unpaired) electrons. The monoisotopic (exact) mass is 356 g/mol. The van der Waals surface area contributed by atoms with E-state index < -0.39 is 10.0 Å². The number of aromatic nitrogens is 2. The number of nitrogens with one attached hydrogen (secondary N) is 1. The van der Waals surface area contributed by atoms with Gasteiger partial charge in [-0.05, 0) is 40.0 Å². The highest BCUT2D eigenvalue weighted by Crippen LogP contribution is 2.27. The average molecular weight is 356 g/mol. The third-order valence-corrected chi connectivity index (χ3v) is 6.91. The van der Waals surface area contributed by atoms with Crippen molar-refractivity contribution in [3.63, 3.8) is 0 Å². The zero-order valence-corrected chi connectivity index (χ0v) is 16.0. The molecule has 1 amide bonds. The van der Waals surface area contributed by atoms with Gasteiger partial charge in [-0.15, -0.1) is 0 Å². The topological polar surface area (TPSA) is 84.3 Å². The van der Waals surface area contributed by atoms with Gasteiger partial charge in [-0.3, -0.25) is 9.48 Å². The minimum absolute atomic E-state index is 0.0520. The van der Waals surface area contributed by atoms with E-state index in [2.05, 4.69) is 10.4 Å². The molecule has 1 saturated heterocycles. The summed E-state index contributed by atoms with van der Waals surface area (Å²) in [6.07, 6.45) is 2.27. The number of hydrogen-bond donors (Lipinski definition) is 1. The van der Waals surface area contributed by atoms with Gasteiger partial charge in [0.15, 0.2) is 0 Å². The number of amides is 1. The normalized spacial score (nSPS) is 20.8. The van der Waals surface area contributed by atoms with Crippen LogP contribution in [0.2, 0.25) is 0 Å². The summed E-state index contributed by atoms with van der Waals surface area (Å²) in [5, 5.41) is 7.17. The summed E-state index contributed by atoms with van der Waals surface area (Å²) in [6, 6.07) is 0.104. The Morgan fingerprint density at radius 2 is 2.08 bits per heavy atom. The van der Waals surface area contributed by atoms with Crippen molar-refractivity contribution in [2.24, 2.45) is 13.0 Å². The number of nitrogens with zero attached hydrogens (tertiary/aromatic N) is 3. The third-order valence-electron chi connectivity index (χ3n) is 4.80. The number of hydrogen-bond acceptors (Lipinski definition) is 4. The highest BCUT2D eigenvalue weighted by Gasteiger charge is 2.36. The van der Waals surface area contributed by atoms with Crippen molar-refractivity contribution in [1.82, 2.24) is 19.4 Å². The summed E-state index contributed by atoms with van der Waals surface area (Å²) in [6.45, 7) is 8.11. The maximum atomic E-state index is 13.0. The lowest BCUT2D eigenvalue weighted by molar-refractivity contribution is -0.126. The molecule has 0 aliphatic carbocycles. The molecule has 2 unspecified atom stereocenters. The Morgan fingerprint density at radius 3 is 2.62 bits per heavy atom. The van der Waals surface area contributed by atoms with Gasteiger partial charge >= 0.3 is 0 Å². The van der Waals surface area contributed by atoms with Gasteiger partial charge in [0.05, 0.1) is 17.3 Å². The summed E-state index contributed by atoms with van der Waals surface area (Å²) >= 11 is 0. The van der Waals surface area contributed by atoms with Crippen molar-refractivity contribution >= 4 is 15.9 Å². The number of sulfonamides is 1. The van der Waals surface area contributed by atoms with E-state index in [1.807, 2.05) is 13.8 Å². The Hall–Kier alpha value is -1.41. The van der Waals surface area contributed by atoms with Gasteiger partial charge < -0.3 is 5.32 Å². The average Bonchev–Trinajstić information content (AvgIpc) is 2.80. The van der Waals surface area contributed by atoms with E-state index in [0.29, 0.717) is 24.4 Å². The Morgan fingerprint density at radius 1 is 1.42 bits per heavy atom. The molecule has 1 aromatic rings. The van der Waals surface area contributed by atoms with E-state index in [1.165, 1.54) is 4.31 Å². The molecule has 1 fully saturated rings. The predicted molar refractivity (Wildman–Crippen MR) is 92.1 cm³/mol. The second kappa shape index (κ2) is 7.23. The summed E-state index contributed by atoms with van der Waals surface area (Å²) < 4.78 is 29.1. The van der Waals surface area contributed by atoms with Crippen LogP contribution in [-0.4, -0.2) is 47.5 Å². The van der Waals surface area contributed by atoms with Crippen LogP contribution >= 0.6 is 0 Å². The second-order valence-corrected chi connectivity index (χ2v) is 8.52. The quantitative estimate of drug-likeness (QED) is 0.863.